The summed E-state index contributed by atoms with van der Waals surface area (Å²) in [6.07, 6.45) is 1.35. The molecule has 0 saturated carbocycles. The first-order valence-corrected chi connectivity index (χ1v) is 10.00. The molecule has 2 aromatic carbocycles. The number of carboxylic acids is 2. The second-order valence-electron chi connectivity index (χ2n) is 7.11. The highest BCUT2D eigenvalue weighted by Crippen LogP contribution is 2.08. The van der Waals surface area contributed by atoms with E-state index in [1.54, 1.807) is 18.2 Å². The summed E-state index contributed by atoms with van der Waals surface area (Å²) in [4.78, 5) is 46.3. The predicted molar refractivity (Wildman–Crippen MR) is 113 cm³/mol. The molecule has 0 unspecified atom stereocenters. The number of hydrogen-bond acceptors (Lipinski definition) is 4. The van der Waals surface area contributed by atoms with Crippen molar-refractivity contribution >= 4 is 23.8 Å². The van der Waals surface area contributed by atoms with E-state index in [0.717, 1.165) is 12.8 Å². The zero-order valence-corrected chi connectivity index (χ0v) is 17.0. The third kappa shape index (κ3) is 8.69. The van der Waals surface area contributed by atoms with Gasteiger partial charge >= 0.3 is 11.9 Å². The molecule has 0 bridgehead atoms. The van der Waals surface area contributed by atoms with Crippen molar-refractivity contribution in [1.82, 2.24) is 10.6 Å². The molecule has 8 nitrogen and oxygen atoms in total. The first-order valence-electron chi connectivity index (χ1n) is 10.00. The number of aryl methyl sites for hydroxylation is 1. The summed E-state index contributed by atoms with van der Waals surface area (Å²) in [6.45, 7) is 0.243. The van der Waals surface area contributed by atoms with Gasteiger partial charge in [0.25, 0.3) is 5.91 Å². The summed E-state index contributed by atoms with van der Waals surface area (Å²) in [7, 11) is 0. The molecule has 0 fully saturated rings. The number of carbonyl (C=O) groups excluding carboxylic acids is 2. The Balaban J connectivity index is 1.83. The molecular weight excluding hydrogens is 400 g/mol. The number of aliphatic carboxylic acids is 2. The van der Waals surface area contributed by atoms with Crippen LogP contribution in [-0.2, 0) is 27.3 Å². The fourth-order valence-corrected chi connectivity index (χ4v) is 2.98. The van der Waals surface area contributed by atoms with Crippen molar-refractivity contribution in [1.29, 1.82) is 0 Å². The Kier molecular flexibility index (Phi) is 9.22. The van der Waals surface area contributed by atoms with Crippen LogP contribution in [-0.4, -0.2) is 40.0 Å². The minimum Gasteiger partial charge on any atom is -0.481 e. The molecule has 0 radical (unpaired) electrons. The van der Waals surface area contributed by atoms with Gasteiger partial charge in [0.05, 0.1) is 0 Å². The molecule has 0 aliphatic rings. The summed E-state index contributed by atoms with van der Waals surface area (Å²) in [6, 6.07) is 15.1. The average Bonchev–Trinajstić information content (AvgIpc) is 2.75. The highest BCUT2D eigenvalue weighted by Gasteiger charge is 2.21. The molecule has 0 spiro atoms. The van der Waals surface area contributed by atoms with Gasteiger partial charge in [0.15, 0.2) is 0 Å². The van der Waals surface area contributed by atoms with Crippen LogP contribution < -0.4 is 10.6 Å². The van der Waals surface area contributed by atoms with Crippen LogP contribution in [0.1, 0.15) is 47.2 Å². The molecule has 0 aromatic heterocycles. The molecule has 2 amide bonds. The van der Waals surface area contributed by atoms with Crippen LogP contribution in [0.2, 0.25) is 0 Å². The molecule has 1 atom stereocenters. The van der Waals surface area contributed by atoms with Gasteiger partial charge in [-0.25, -0.2) is 4.79 Å². The Hall–Kier alpha value is -3.68. The van der Waals surface area contributed by atoms with Crippen LogP contribution in [0, 0.1) is 0 Å². The largest absolute Gasteiger partial charge is 0.481 e. The maximum Gasteiger partial charge on any atom is 0.326 e. The minimum absolute atomic E-state index is 0.0922. The van der Waals surface area contributed by atoms with Gasteiger partial charge in [-0.1, -0.05) is 42.5 Å². The summed E-state index contributed by atoms with van der Waals surface area (Å²) in [5.41, 5.74) is 2.11. The normalized spacial score (nSPS) is 11.4. The van der Waals surface area contributed by atoms with Gasteiger partial charge < -0.3 is 20.8 Å². The first-order chi connectivity index (χ1) is 14.8. The lowest BCUT2D eigenvalue weighted by atomic mass is 10.1. The van der Waals surface area contributed by atoms with E-state index in [0.29, 0.717) is 12.0 Å². The highest BCUT2D eigenvalue weighted by atomic mass is 16.4. The van der Waals surface area contributed by atoms with Crippen molar-refractivity contribution in [2.75, 3.05) is 0 Å². The monoisotopic (exact) mass is 426 g/mol. The van der Waals surface area contributed by atoms with Gasteiger partial charge in [0.2, 0.25) is 5.91 Å². The van der Waals surface area contributed by atoms with Crippen molar-refractivity contribution in [2.45, 2.75) is 44.7 Å². The molecule has 164 valence electrons. The zero-order chi connectivity index (χ0) is 22.6. The fourth-order valence-electron chi connectivity index (χ4n) is 2.98. The number of carboxylic acid groups (broad SMARTS) is 2. The quantitative estimate of drug-likeness (QED) is 0.412. The smallest absolute Gasteiger partial charge is 0.326 e. The van der Waals surface area contributed by atoms with E-state index in [-0.39, 0.29) is 30.9 Å². The maximum atomic E-state index is 12.4. The lowest BCUT2D eigenvalue weighted by molar-refractivity contribution is -0.140. The van der Waals surface area contributed by atoms with Crippen LogP contribution in [0.3, 0.4) is 0 Å². The van der Waals surface area contributed by atoms with E-state index in [9.17, 15) is 24.3 Å². The molecule has 4 N–H and O–H groups in total. The molecule has 2 rings (SSSR count). The molecular formula is C23H26N2O6. The van der Waals surface area contributed by atoms with Crippen molar-refractivity contribution in [3.63, 3.8) is 0 Å². The third-order valence-corrected chi connectivity index (χ3v) is 4.64. The van der Waals surface area contributed by atoms with E-state index in [1.165, 1.54) is 11.6 Å². The van der Waals surface area contributed by atoms with Gasteiger partial charge in [-0.3, -0.25) is 14.4 Å². The third-order valence-electron chi connectivity index (χ3n) is 4.64. The van der Waals surface area contributed by atoms with Gasteiger partial charge in [0.1, 0.15) is 6.04 Å². The molecule has 2 aromatic rings. The summed E-state index contributed by atoms with van der Waals surface area (Å²) in [5, 5.41) is 23.0. The lowest BCUT2D eigenvalue weighted by Crippen LogP contribution is -2.41. The SMILES string of the molecule is O=C(O)CC[C@H](NC(=O)c1cccc(CNC(=O)CCCc2ccccc2)c1)C(=O)O. The van der Waals surface area contributed by atoms with Gasteiger partial charge in [-0.15, -0.1) is 0 Å². The van der Waals surface area contributed by atoms with Crippen molar-refractivity contribution in [3.05, 3.63) is 71.3 Å². The summed E-state index contributed by atoms with van der Waals surface area (Å²) >= 11 is 0. The Morgan fingerprint density at radius 1 is 0.871 bits per heavy atom. The van der Waals surface area contributed by atoms with Crippen LogP contribution in [0.15, 0.2) is 54.6 Å². The van der Waals surface area contributed by atoms with Crippen LogP contribution in [0.5, 0.6) is 0 Å². The Morgan fingerprint density at radius 2 is 1.58 bits per heavy atom. The van der Waals surface area contributed by atoms with Crippen LogP contribution >= 0.6 is 0 Å². The maximum absolute atomic E-state index is 12.4. The molecule has 31 heavy (non-hydrogen) atoms. The Labute approximate surface area is 180 Å². The number of carbonyl (C=O) groups is 4. The van der Waals surface area contributed by atoms with Gasteiger partial charge in [-0.2, -0.15) is 0 Å². The Bertz CT molecular complexity index is 913. The minimum atomic E-state index is -1.30. The van der Waals surface area contributed by atoms with Crippen molar-refractivity contribution in [3.8, 4) is 0 Å². The highest BCUT2D eigenvalue weighted by molar-refractivity contribution is 5.96. The van der Waals surface area contributed by atoms with Crippen molar-refractivity contribution < 1.29 is 29.4 Å². The molecule has 0 aliphatic carbocycles. The van der Waals surface area contributed by atoms with Crippen molar-refractivity contribution in [2.24, 2.45) is 0 Å². The van der Waals surface area contributed by atoms with E-state index in [4.69, 9.17) is 5.11 Å². The summed E-state index contributed by atoms with van der Waals surface area (Å²) < 4.78 is 0. The second kappa shape index (κ2) is 12.1. The number of benzene rings is 2. The number of nitrogens with one attached hydrogen (secondary N) is 2. The second-order valence-corrected chi connectivity index (χ2v) is 7.11. The standard InChI is InChI=1S/C23H26N2O6/c26-20(11-5-8-16-6-2-1-3-7-16)24-15-17-9-4-10-18(14-17)22(29)25-19(23(30)31)12-13-21(27)28/h1-4,6-7,9-10,14,19H,5,8,11-13,15H2,(H,24,26)(H,25,29)(H,27,28)(H,30,31)/t19-/m0/s1. The fraction of sp³-hybridized carbons (Fsp3) is 0.304. The number of rotatable bonds is 12. The van der Waals surface area contributed by atoms with Gasteiger partial charge in [-0.05, 0) is 42.5 Å². The molecule has 0 heterocycles. The topological polar surface area (TPSA) is 133 Å². The van der Waals surface area contributed by atoms with Crippen LogP contribution in [0.25, 0.3) is 0 Å². The average molecular weight is 426 g/mol. The zero-order valence-electron chi connectivity index (χ0n) is 17.0. The van der Waals surface area contributed by atoms with Crippen LogP contribution in [0.4, 0.5) is 0 Å². The molecule has 0 saturated heterocycles. The van der Waals surface area contributed by atoms with E-state index < -0.39 is 23.9 Å². The van der Waals surface area contributed by atoms with Gasteiger partial charge in [0, 0.05) is 24.9 Å². The first kappa shape index (κ1) is 23.6. The van der Waals surface area contributed by atoms with E-state index in [1.807, 2.05) is 30.3 Å². The Morgan fingerprint density at radius 3 is 2.26 bits per heavy atom. The predicted octanol–water partition coefficient (Wildman–Crippen LogP) is 2.37. The van der Waals surface area contributed by atoms with E-state index in [2.05, 4.69) is 10.6 Å². The summed E-state index contributed by atoms with van der Waals surface area (Å²) in [5.74, 6) is -3.14. The lowest BCUT2D eigenvalue weighted by Gasteiger charge is -2.14. The molecule has 8 heteroatoms. The molecule has 0 aliphatic heterocycles. The van der Waals surface area contributed by atoms with E-state index >= 15 is 0 Å². The number of hydrogen-bond donors (Lipinski definition) is 4. The number of amides is 2.